The Morgan fingerprint density at radius 1 is 1.36 bits per heavy atom. The molecule has 9 heteroatoms. The quantitative estimate of drug-likeness (QED) is 0.795. The SMILES string of the molecule is CC(NC(=O)CSc1nnnn1C1CCCC1)c1ccc(F)c(F)c1. The van der Waals surface area contributed by atoms with E-state index in [0.29, 0.717) is 16.8 Å². The van der Waals surface area contributed by atoms with Gasteiger partial charge in [0.1, 0.15) is 0 Å². The van der Waals surface area contributed by atoms with Crippen molar-refractivity contribution >= 4 is 17.7 Å². The number of benzene rings is 1. The molecule has 25 heavy (non-hydrogen) atoms. The maximum atomic E-state index is 13.3. The molecule has 1 heterocycles. The Labute approximate surface area is 148 Å². The van der Waals surface area contributed by atoms with Crippen molar-refractivity contribution < 1.29 is 13.6 Å². The fraction of sp³-hybridized carbons (Fsp3) is 0.500. The van der Waals surface area contributed by atoms with Crippen molar-refractivity contribution in [3.05, 3.63) is 35.4 Å². The van der Waals surface area contributed by atoms with E-state index in [4.69, 9.17) is 0 Å². The summed E-state index contributed by atoms with van der Waals surface area (Å²) in [6.07, 6.45) is 4.44. The van der Waals surface area contributed by atoms with Gasteiger partial charge in [0, 0.05) is 0 Å². The van der Waals surface area contributed by atoms with Crippen LogP contribution in [0.25, 0.3) is 0 Å². The monoisotopic (exact) mass is 367 g/mol. The van der Waals surface area contributed by atoms with Crippen molar-refractivity contribution in [2.24, 2.45) is 0 Å². The highest BCUT2D eigenvalue weighted by molar-refractivity contribution is 7.99. The first-order chi connectivity index (χ1) is 12.0. The lowest BCUT2D eigenvalue weighted by molar-refractivity contribution is -0.119. The molecule has 6 nitrogen and oxygen atoms in total. The van der Waals surface area contributed by atoms with Crippen LogP contribution in [0, 0.1) is 11.6 Å². The molecule has 1 unspecified atom stereocenters. The molecule has 0 aliphatic heterocycles. The molecular formula is C16H19F2N5OS. The van der Waals surface area contributed by atoms with Crippen LogP contribution in [0.15, 0.2) is 23.4 Å². The molecule has 0 bridgehead atoms. The topological polar surface area (TPSA) is 72.7 Å². The van der Waals surface area contributed by atoms with Crippen molar-refractivity contribution in [1.82, 2.24) is 25.5 Å². The highest BCUT2D eigenvalue weighted by Gasteiger charge is 2.22. The summed E-state index contributed by atoms with van der Waals surface area (Å²) in [5, 5.41) is 15.1. The number of carbonyl (C=O) groups is 1. The average molecular weight is 367 g/mol. The molecule has 1 aromatic heterocycles. The minimum Gasteiger partial charge on any atom is -0.349 e. The van der Waals surface area contributed by atoms with Gasteiger partial charge in [0.05, 0.1) is 17.8 Å². The van der Waals surface area contributed by atoms with Gasteiger partial charge in [0.15, 0.2) is 11.6 Å². The molecular weight excluding hydrogens is 348 g/mol. The number of aromatic nitrogens is 4. The molecule has 1 aliphatic carbocycles. The number of tetrazole rings is 1. The number of amides is 1. The molecule has 1 amide bonds. The molecule has 134 valence electrons. The molecule has 1 atom stereocenters. The molecule has 1 aromatic carbocycles. The van der Waals surface area contributed by atoms with Gasteiger partial charge in [0.25, 0.3) is 0 Å². The summed E-state index contributed by atoms with van der Waals surface area (Å²) >= 11 is 1.27. The Hall–Kier alpha value is -2.03. The molecule has 1 saturated carbocycles. The lowest BCUT2D eigenvalue weighted by Gasteiger charge is -2.15. The van der Waals surface area contributed by atoms with E-state index in [1.807, 2.05) is 0 Å². The Morgan fingerprint density at radius 2 is 2.12 bits per heavy atom. The number of rotatable bonds is 6. The zero-order valence-electron chi connectivity index (χ0n) is 13.8. The molecule has 2 aromatic rings. The maximum Gasteiger partial charge on any atom is 0.230 e. The Morgan fingerprint density at radius 3 is 2.84 bits per heavy atom. The number of hydrogen-bond acceptors (Lipinski definition) is 5. The zero-order chi connectivity index (χ0) is 17.8. The van der Waals surface area contributed by atoms with Gasteiger partial charge in [-0.1, -0.05) is 30.7 Å². The van der Waals surface area contributed by atoms with Crippen molar-refractivity contribution in [2.75, 3.05) is 5.75 Å². The van der Waals surface area contributed by atoms with Crippen LogP contribution in [0.4, 0.5) is 8.78 Å². The first-order valence-corrected chi connectivity index (χ1v) is 9.18. The molecule has 1 fully saturated rings. The van der Waals surface area contributed by atoms with E-state index in [9.17, 15) is 13.6 Å². The first kappa shape index (κ1) is 17.8. The van der Waals surface area contributed by atoms with Crippen LogP contribution in [0.1, 0.15) is 50.3 Å². The number of nitrogens with one attached hydrogen (secondary N) is 1. The van der Waals surface area contributed by atoms with Crippen LogP contribution in [0.2, 0.25) is 0 Å². The fourth-order valence-corrected chi connectivity index (χ4v) is 3.69. The fourth-order valence-electron chi connectivity index (χ4n) is 2.94. The van der Waals surface area contributed by atoms with E-state index >= 15 is 0 Å². The van der Waals surface area contributed by atoms with Crippen LogP contribution >= 0.6 is 11.8 Å². The molecule has 3 rings (SSSR count). The molecule has 0 spiro atoms. The van der Waals surface area contributed by atoms with Crippen molar-refractivity contribution in [3.8, 4) is 0 Å². The number of halogens is 2. The summed E-state index contributed by atoms with van der Waals surface area (Å²) in [5.41, 5.74) is 0.507. The number of hydrogen-bond donors (Lipinski definition) is 1. The third kappa shape index (κ3) is 4.33. The predicted octanol–water partition coefficient (Wildman–Crippen LogP) is 3.04. The van der Waals surface area contributed by atoms with Gasteiger partial charge in [0.2, 0.25) is 11.1 Å². The summed E-state index contributed by atoms with van der Waals surface area (Å²) in [6, 6.07) is 3.49. The minimum absolute atomic E-state index is 0.154. The summed E-state index contributed by atoms with van der Waals surface area (Å²) in [4.78, 5) is 12.1. The summed E-state index contributed by atoms with van der Waals surface area (Å²) in [6.45, 7) is 1.72. The first-order valence-electron chi connectivity index (χ1n) is 8.19. The van der Waals surface area contributed by atoms with Crippen LogP contribution in [0.3, 0.4) is 0 Å². The smallest absolute Gasteiger partial charge is 0.230 e. The van der Waals surface area contributed by atoms with E-state index in [0.717, 1.165) is 25.0 Å². The van der Waals surface area contributed by atoms with Crippen LogP contribution in [-0.4, -0.2) is 31.9 Å². The highest BCUT2D eigenvalue weighted by Crippen LogP contribution is 2.31. The van der Waals surface area contributed by atoms with Crippen LogP contribution < -0.4 is 5.32 Å². The lowest BCUT2D eigenvalue weighted by atomic mass is 10.1. The van der Waals surface area contributed by atoms with Gasteiger partial charge in [-0.25, -0.2) is 13.5 Å². The van der Waals surface area contributed by atoms with E-state index in [1.54, 1.807) is 11.6 Å². The second kappa shape index (κ2) is 7.90. The van der Waals surface area contributed by atoms with Crippen molar-refractivity contribution in [3.63, 3.8) is 0 Å². The summed E-state index contributed by atoms with van der Waals surface area (Å²) in [5.74, 6) is -1.90. The van der Waals surface area contributed by atoms with Gasteiger partial charge >= 0.3 is 0 Å². The third-order valence-corrected chi connectivity index (χ3v) is 5.22. The summed E-state index contributed by atoms with van der Waals surface area (Å²) < 4.78 is 28.1. The normalized spacial score (nSPS) is 16.1. The van der Waals surface area contributed by atoms with E-state index in [-0.39, 0.29) is 11.7 Å². The molecule has 0 saturated heterocycles. The number of thioether (sulfide) groups is 1. The van der Waals surface area contributed by atoms with Crippen LogP contribution in [-0.2, 0) is 4.79 Å². The standard InChI is InChI=1S/C16H19F2N5OS/c1-10(11-6-7-13(17)14(18)8-11)19-15(24)9-25-16-20-21-22-23(16)12-4-2-3-5-12/h6-8,10,12H,2-5,9H2,1H3,(H,19,24). The number of nitrogens with zero attached hydrogens (tertiary/aromatic N) is 4. The Balaban J connectivity index is 1.54. The van der Waals surface area contributed by atoms with Gasteiger partial charge in [-0.3, -0.25) is 4.79 Å². The van der Waals surface area contributed by atoms with E-state index < -0.39 is 17.7 Å². The van der Waals surface area contributed by atoms with Gasteiger partial charge in [-0.15, -0.1) is 5.10 Å². The minimum atomic E-state index is -0.927. The predicted molar refractivity (Wildman–Crippen MR) is 89.0 cm³/mol. The second-order valence-corrected chi connectivity index (χ2v) is 7.04. The third-order valence-electron chi connectivity index (χ3n) is 4.29. The Kier molecular flexibility index (Phi) is 5.62. The number of carbonyl (C=O) groups excluding carboxylic acids is 1. The maximum absolute atomic E-state index is 13.3. The lowest BCUT2D eigenvalue weighted by Crippen LogP contribution is -2.28. The molecule has 1 aliphatic rings. The van der Waals surface area contributed by atoms with E-state index in [2.05, 4.69) is 20.8 Å². The van der Waals surface area contributed by atoms with Gasteiger partial charge in [-0.2, -0.15) is 0 Å². The second-order valence-electron chi connectivity index (χ2n) is 6.10. The summed E-state index contributed by atoms with van der Waals surface area (Å²) in [7, 11) is 0. The largest absolute Gasteiger partial charge is 0.349 e. The highest BCUT2D eigenvalue weighted by atomic mass is 32.2. The van der Waals surface area contributed by atoms with Gasteiger partial charge < -0.3 is 5.32 Å². The zero-order valence-corrected chi connectivity index (χ0v) is 14.6. The van der Waals surface area contributed by atoms with Crippen molar-refractivity contribution in [2.45, 2.75) is 49.8 Å². The van der Waals surface area contributed by atoms with Crippen molar-refractivity contribution in [1.29, 1.82) is 0 Å². The average Bonchev–Trinajstić information content (AvgIpc) is 3.26. The molecule has 1 N–H and O–H groups in total. The van der Waals surface area contributed by atoms with Gasteiger partial charge in [-0.05, 0) is 47.9 Å². The van der Waals surface area contributed by atoms with Crippen LogP contribution in [0.5, 0.6) is 0 Å². The Bertz CT molecular complexity index is 748. The molecule has 0 radical (unpaired) electrons. The van der Waals surface area contributed by atoms with E-state index in [1.165, 1.54) is 30.7 Å².